The van der Waals surface area contributed by atoms with Crippen LogP contribution in [0, 0.1) is 25.7 Å². The molecule has 0 unspecified atom stereocenters. The average molecular weight is 515 g/mol. The Hall–Kier alpha value is -2.44. The highest BCUT2D eigenvalue weighted by Gasteiger charge is 2.43. The van der Waals surface area contributed by atoms with Crippen LogP contribution in [0.15, 0.2) is 71.0 Å². The van der Waals surface area contributed by atoms with E-state index < -0.39 is 32.1 Å². The van der Waals surface area contributed by atoms with E-state index in [0.29, 0.717) is 12.8 Å². The summed E-state index contributed by atoms with van der Waals surface area (Å²) in [5.74, 6) is 5.71. The lowest BCUT2D eigenvalue weighted by atomic mass is 9.90. The molecule has 6 nitrogen and oxygen atoms in total. The second kappa shape index (κ2) is 11.5. The minimum absolute atomic E-state index is 0.000382. The second-order valence-corrected chi connectivity index (χ2v) is 12.7. The van der Waals surface area contributed by atoms with E-state index in [1.54, 1.807) is 61.5 Å². The fourth-order valence-electron chi connectivity index (χ4n) is 4.53. The van der Waals surface area contributed by atoms with Crippen molar-refractivity contribution in [3.8, 4) is 11.8 Å². The summed E-state index contributed by atoms with van der Waals surface area (Å²) in [5, 5.41) is 0. The first kappa shape index (κ1) is 27.2. The Kier molecular flexibility index (Phi) is 8.94. The minimum Gasteiger partial charge on any atom is -0.207 e. The van der Waals surface area contributed by atoms with Gasteiger partial charge >= 0.3 is 0 Å². The summed E-state index contributed by atoms with van der Waals surface area (Å²) in [6, 6.07) is 12.4. The number of aryl methyl sites for hydroxylation is 2. The number of nitrogens with zero attached hydrogens (tertiary/aromatic N) is 2. The highest BCUT2D eigenvalue weighted by Crippen LogP contribution is 2.34. The molecule has 1 aliphatic rings. The Morgan fingerprint density at radius 1 is 0.829 bits per heavy atom. The van der Waals surface area contributed by atoms with E-state index in [2.05, 4.69) is 18.4 Å². The van der Waals surface area contributed by atoms with Crippen molar-refractivity contribution in [3.63, 3.8) is 0 Å². The van der Waals surface area contributed by atoms with Crippen molar-refractivity contribution in [3.05, 3.63) is 72.3 Å². The van der Waals surface area contributed by atoms with Crippen molar-refractivity contribution in [1.82, 2.24) is 8.61 Å². The lowest BCUT2D eigenvalue weighted by molar-refractivity contribution is 0.158. The normalized spacial score (nSPS) is 18.8. The smallest absolute Gasteiger partial charge is 0.207 e. The molecule has 188 valence electrons. The predicted molar refractivity (Wildman–Crippen MR) is 140 cm³/mol. The third kappa shape index (κ3) is 6.04. The molecule has 0 radical (unpaired) electrons. The molecule has 1 fully saturated rings. The van der Waals surface area contributed by atoms with Crippen LogP contribution in [0.5, 0.6) is 0 Å². The largest absolute Gasteiger partial charge is 0.244 e. The number of hydrogen-bond donors (Lipinski definition) is 0. The second-order valence-electron chi connectivity index (χ2n) is 8.89. The van der Waals surface area contributed by atoms with Crippen molar-refractivity contribution >= 4 is 20.0 Å². The Bertz CT molecular complexity index is 1290. The molecule has 0 spiro atoms. The zero-order valence-corrected chi connectivity index (χ0v) is 22.3. The lowest BCUT2D eigenvalue weighted by Gasteiger charge is -2.43. The Morgan fingerprint density at radius 2 is 1.26 bits per heavy atom. The molecule has 2 aromatic carbocycles. The zero-order chi connectivity index (χ0) is 25.6. The van der Waals surface area contributed by atoms with Crippen LogP contribution in [-0.4, -0.2) is 50.6 Å². The van der Waals surface area contributed by atoms with Crippen LogP contribution >= 0.6 is 0 Å². The molecule has 0 N–H and O–H groups in total. The highest BCUT2D eigenvalue weighted by atomic mass is 32.2. The summed E-state index contributed by atoms with van der Waals surface area (Å²) in [7, 11) is -7.78. The van der Waals surface area contributed by atoms with Gasteiger partial charge in [-0.05, 0) is 57.9 Å². The van der Waals surface area contributed by atoms with Gasteiger partial charge in [0.2, 0.25) is 20.0 Å². The SMILES string of the molecule is C=CCN([C@H]1CCCC[C@H]1N(CC#CC)S(=O)(=O)c1ccc(C)cc1)S(=O)(=O)c1ccc(C)cc1. The molecule has 1 saturated carbocycles. The van der Waals surface area contributed by atoms with Crippen LogP contribution in [0.25, 0.3) is 0 Å². The van der Waals surface area contributed by atoms with Crippen LogP contribution in [0.3, 0.4) is 0 Å². The highest BCUT2D eigenvalue weighted by molar-refractivity contribution is 7.89. The summed E-state index contributed by atoms with van der Waals surface area (Å²) in [6.45, 7) is 9.34. The van der Waals surface area contributed by atoms with Gasteiger partial charge in [0, 0.05) is 18.6 Å². The van der Waals surface area contributed by atoms with Gasteiger partial charge in [-0.1, -0.05) is 60.2 Å². The summed E-state index contributed by atoms with van der Waals surface area (Å²) < 4.78 is 57.9. The molecular weight excluding hydrogens is 480 g/mol. The van der Waals surface area contributed by atoms with Gasteiger partial charge in [-0.2, -0.15) is 8.61 Å². The monoisotopic (exact) mass is 514 g/mol. The minimum atomic E-state index is -3.90. The first-order valence-electron chi connectivity index (χ1n) is 11.8. The van der Waals surface area contributed by atoms with E-state index in [1.807, 2.05) is 13.8 Å². The third-order valence-electron chi connectivity index (χ3n) is 6.41. The fraction of sp³-hybridized carbons (Fsp3) is 0.407. The topological polar surface area (TPSA) is 74.8 Å². The molecule has 2 atom stereocenters. The molecule has 3 rings (SSSR count). The number of sulfonamides is 2. The maximum Gasteiger partial charge on any atom is 0.244 e. The molecule has 0 aliphatic heterocycles. The van der Waals surface area contributed by atoms with Gasteiger partial charge < -0.3 is 0 Å². The van der Waals surface area contributed by atoms with Crippen molar-refractivity contribution in [2.45, 2.75) is 68.3 Å². The molecule has 0 amide bonds. The van der Waals surface area contributed by atoms with Gasteiger partial charge in [0.25, 0.3) is 0 Å². The molecule has 0 aromatic heterocycles. The molecule has 2 aromatic rings. The molecular formula is C27H34N2O4S2. The average Bonchev–Trinajstić information content (AvgIpc) is 2.83. The third-order valence-corrected chi connectivity index (χ3v) is 10.2. The zero-order valence-electron chi connectivity index (χ0n) is 20.6. The van der Waals surface area contributed by atoms with Gasteiger partial charge in [-0.3, -0.25) is 0 Å². The number of hydrogen-bond acceptors (Lipinski definition) is 4. The van der Waals surface area contributed by atoms with E-state index in [0.717, 1.165) is 24.0 Å². The van der Waals surface area contributed by atoms with Gasteiger partial charge in [-0.25, -0.2) is 16.8 Å². The molecule has 35 heavy (non-hydrogen) atoms. The lowest BCUT2D eigenvalue weighted by Crippen LogP contribution is -2.56. The van der Waals surface area contributed by atoms with Crippen LogP contribution in [0.4, 0.5) is 0 Å². The molecule has 0 saturated heterocycles. The van der Waals surface area contributed by atoms with Crippen molar-refractivity contribution in [2.24, 2.45) is 0 Å². The molecule has 0 bridgehead atoms. The van der Waals surface area contributed by atoms with Crippen LogP contribution < -0.4 is 0 Å². The standard InChI is InChI=1S/C27H34N2O4S2/c1-5-7-21-29(35(32,33)25-18-14-23(4)15-19-25)27-11-9-8-10-26(27)28(20-6-2)34(30,31)24-16-12-22(3)13-17-24/h6,12-19,26-27H,2,8-11,20-21H2,1,3-4H3/t26-,27+/m0/s1. The number of benzene rings is 2. The predicted octanol–water partition coefficient (Wildman–Crippen LogP) is 4.51. The van der Waals surface area contributed by atoms with E-state index >= 15 is 0 Å². The van der Waals surface area contributed by atoms with E-state index in [4.69, 9.17) is 0 Å². The Balaban J connectivity index is 2.09. The summed E-state index contributed by atoms with van der Waals surface area (Å²) >= 11 is 0. The van der Waals surface area contributed by atoms with E-state index in [1.165, 1.54) is 8.61 Å². The maximum atomic E-state index is 13.8. The van der Waals surface area contributed by atoms with Gasteiger partial charge in [-0.15, -0.1) is 12.5 Å². The van der Waals surface area contributed by atoms with Crippen LogP contribution in [-0.2, 0) is 20.0 Å². The van der Waals surface area contributed by atoms with Crippen LogP contribution in [0.1, 0.15) is 43.7 Å². The fourth-order valence-corrected chi connectivity index (χ4v) is 7.77. The number of rotatable bonds is 9. The summed E-state index contributed by atoms with van der Waals surface area (Å²) in [6.07, 6.45) is 4.30. The van der Waals surface area contributed by atoms with Gasteiger partial charge in [0.1, 0.15) is 0 Å². The Morgan fingerprint density at radius 3 is 1.69 bits per heavy atom. The first-order valence-corrected chi connectivity index (χ1v) is 14.7. The maximum absolute atomic E-state index is 13.8. The van der Waals surface area contributed by atoms with Crippen molar-refractivity contribution in [1.29, 1.82) is 0 Å². The molecule has 0 heterocycles. The van der Waals surface area contributed by atoms with Crippen LogP contribution in [0.2, 0.25) is 0 Å². The quantitative estimate of drug-likeness (QED) is 0.365. The van der Waals surface area contributed by atoms with Crippen molar-refractivity contribution in [2.75, 3.05) is 13.1 Å². The first-order chi connectivity index (χ1) is 16.6. The Labute approximate surface area is 210 Å². The van der Waals surface area contributed by atoms with E-state index in [9.17, 15) is 16.8 Å². The van der Waals surface area contributed by atoms with E-state index in [-0.39, 0.29) is 22.9 Å². The molecule has 1 aliphatic carbocycles. The summed E-state index contributed by atoms with van der Waals surface area (Å²) in [5.41, 5.74) is 1.92. The van der Waals surface area contributed by atoms with Gasteiger partial charge in [0.15, 0.2) is 0 Å². The van der Waals surface area contributed by atoms with Crippen molar-refractivity contribution < 1.29 is 16.8 Å². The van der Waals surface area contributed by atoms with Gasteiger partial charge in [0.05, 0.1) is 16.3 Å². The summed E-state index contributed by atoms with van der Waals surface area (Å²) in [4.78, 5) is 0.373. The molecule has 8 heteroatoms.